The highest BCUT2D eigenvalue weighted by Gasteiger charge is 2.71. The number of aromatic nitrogens is 1. The van der Waals surface area contributed by atoms with Crippen LogP contribution in [0.3, 0.4) is 0 Å². The van der Waals surface area contributed by atoms with Crippen LogP contribution in [0.1, 0.15) is 151 Å². The number of esters is 1. The Kier molecular flexibility index (Phi) is 10.2. The fourth-order valence-electron chi connectivity index (χ4n) is 14.9. The molecule has 2 amide bonds. The number of aliphatic carboxylic acids is 1. The van der Waals surface area contributed by atoms with Gasteiger partial charge in [0, 0.05) is 17.2 Å². The summed E-state index contributed by atoms with van der Waals surface area (Å²) < 4.78 is 6.42. The summed E-state index contributed by atoms with van der Waals surface area (Å²) in [7, 11) is 0. The third-order valence-electron chi connectivity index (χ3n) is 18.7. The Morgan fingerprint density at radius 1 is 0.820 bits per heavy atom. The molecule has 61 heavy (non-hydrogen) atoms. The van der Waals surface area contributed by atoms with Gasteiger partial charge in [0.1, 0.15) is 17.3 Å². The molecule has 6 aliphatic carbocycles. The van der Waals surface area contributed by atoms with Crippen molar-refractivity contribution in [2.45, 2.75) is 158 Å². The van der Waals surface area contributed by atoms with Crippen LogP contribution >= 0.6 is 0 Å². The van der Waals surface area contributed by atoms with Gasteiger partial charge in [-0.05, 0) is 140 Å². The number of hydrogen-bond donors (Lipinski definition) is 3. The number of nitrogens with one attached hydrogen (secondary N) is 2. The summed E-state index contributed by atoms with van der Waals surface area (Å²) in [6.45, 7) is 23.5. The second-order valence-electron chi connectivity index (χ2n) is 23.0. The lowest BCUT2D eigenvalue weighted by Gasteiger charge is -2.72. The first-order valence-electron chi connectivity index (χ1n) is 23.1. The smallest absolute Gasteiger partial charge is 0.309 e. The van der Waals surface area contributed by atoms with Crippen LogP contribution in [0.2, 0.25) is 0 Å². The average Bonchev–Trinajstić information content (AvgIpc) is 3.46. The lowest BCUT2D eigenvalue weighted by atomic mass is 9.33. The molecule has 5 fully saturated rings. The van der Waals surface area contributed by atoms with E-state index in [1.54, 1.807) is 19.9 Å². The first-order valence-corrected chi connectivity index (χ1v) is 23.1. The van der Waals surface area contributed by atoms with Gasteiger partial charge >= 0.3 is 11.9 Å². The van der Waals surface area contributed by atoms with Crippen molar-refractivity contribution in [2.24, 2.45) is 62.6 Å². The molecule has 1 unspecified atom stereocenters. The molecule has 8 rings (SSSR count). The molecular weight excluding hydrogens is 767 g/mol. The minimum Gasteiger partial charge on any atom is -0.481 e. The van der Waals surface area contributed by atoms with Gasteiger partial charge in [0.05, 0.1) is 22.9 Å². The monoisotopic (exact) mass is 836 g/mol. The number of ketones is 1. The number of benzene rings is 1. The molecule has 2 aromatic rings. The Morgan fingerprint density at radius 3 is 2.20 bits per heavy atom. The Bertz CT molecular complexity index is 2240. The van der Waals surface area contributed by atoms with E-state index >= 15 is 0 Å². The Labute approximate surface area is 362 Å². The van der Waals surface area contributed by atoms with Crippen molar-refractivity contribution in [1.82, 2.24) is 15.6 Å². The maximum absolute atomic E-state index is 14.5. The molecule has 0 aliphatic heterocycles. The maximum Gasteiger partial charge on any atom is 0.309 e. The minimum absolute atomic E-state index is 0.00779. The SMILES string of the molecule is CC(C)C1=C2[C@H]3CC[C@@H]4[C@@]5(C)CC[C@H](OC(=O)[C@H]6C[C@@H](C(=O)O)C6(C)C)C(C)(C)C5CC[C@@]4(C)[C@]3(C)CC[C@@]2(NC(=O)C(C)(C)NC(=O)c2ccc3ccccc3n2)CC1=O. The molecule has 1 heterocycles. The Morgan fingerprint density at radius 2 is 1.52 bits per heavy atom. The van der Waals surface area contributed by atoms with Gasteiger partial charge in [-0.15, -0.1) is 0 Å². The van der Waals surface area contributed by atoms with Gasteiger partial charge in [-0.1, -0.05) is 86.6 Å². The number of carboxylic acid groups (broad SMARTS) is 1. The summed E-state index contributed by atoms with van der Waals surface area (Å²) in [5, 5.41) is 17.0. The first kappa shape index (κ1) is 43.6. The normalized spacial score (nSPS) is 37.4. The average molecular weight is 836 g/mol. The molecular formula is C51H69N3O7. The van der Waals surface area contributed by atoms with Crippen LogP contribution in [0.25, 0.3) is 10.9 Å². The third-order valence-corrected chi connectivity index (χ3v) is 18.7. The molecule has 10 nitrogen and oxygen atoms in total. The van der Waals surface area contributed by atoms with Crippen LogP contribution in [0.4, 0.5) is 0 Å². The lowest BCUT2D eigenvalue weighted by molar-refractivity contribution is -0.235. The van der Waals surface area contributed by atoms with Gasteiger partial charge in [-0.25, -0.2) is 4.98 Å². The van der Waals surface area contributed by atoms with Crippen molar-refractivity contribution in [3.05, 3.63) is 53.2 Å². The van der Waals surface area contributed by atoms with Crippen molar-refractivity contribution in [3.8, 4) is 0 Å². The van der Waals surface area contributed by atoms with Gasteiger partial charge in [-0.3, -0.25) is 24.0 Å². The largest absolute Gasteiger partial charge is 0.481 e. The molecule has 1 aromatic carbocycles. The summed E-state index contributed by atoms with van der Waals surface area (Å²) in [5.41, 5.74) is -0.139. The Hall–Kier alpha value is -4.08. The van der Waals surface area contributed by atoms with Crippen LogP contribution in [0.15, 0.2) is 47.5 Å². The zero-order valence-electron chi connectivity index (χ0n) is 38.4. The summed E-state index contributed by atoms with van der Waals surface area (Å²) in [6, 6.07) is 11.2. The van der Waals surface area contributed by atoms with Crippen molar-refractivity contribution in [2.75, 3.05) is 0 Å². The Balaban J connectivity index is 1.03. The molecule has 6 aliphatic rings. The van der Waals surface area contributed by atoms with Gasteiger partial charge < -0.3 is 20.5 Å². The van der Waals surface area contributed by atoms with E-state index in [1.807, 2.05) is 44.2 Å². The lowest BCUT2D eigenvalue weighted by Crippen LogP contribution is -2.68. The van der Waals surface area contributed by atoms with Crippen LogP contribution in [-0.2, 0) is 23.9 Å². The number of carbonyl (C=O) groups is 5. The summed E-state index contributed by atoms with van der Waals surface area (Å²) in [5.74, 6) is -1.75. The van der Waals surface area contributed by atoms with Crippen molar-refractivity contribution >= 4 is 40.4 Å². The predicted molar refractivity (Wildman–Crippen MR) is 234 cm³/mol. The molecule has 3 N–H and O–H groups in total. The summed E-state index contributed by atoms with van der Waals surface area (Å²) in [4.78, 5) is 72.4. The minimum atomic E-state index is -1.28. The van der Waals surface area contributed by atoms with E-state index in [0.717, 1.165) is 61.5 Å². The van der Waals surface area contributed by atoms with Crippen molar-refractivity contribution in [3.63, 3.8) is 0 Å². The van der Waals surface area contributed by atoms with E-state index in [0.29, 0.717) is 30.2 Å². The van der Waals surface area contributed by atoms with Gasteiger partial charge in [0.2, 0.25) is 5.91 Å². The number of Topliss-reactive ketones (excluding diaryl/α,β-unsaturated/α-hetero) is 1. The number of allylic oxidation sites excluding steroid dienone is 1. The zero-order valence-corrected chi connectivity index (χ0v) is 38.4. The van der Waals surface area contributed by atoms with E-state index in [-0.39, 0.29) is 69.4 Å². The van der Waals surface area contributed by atoms with E-state index < -0.39 is 40.2 Å². The standard InChI is InChI=1S/C51H69N3O7/c1-28(2)39-35(55)27-51(54-44(60)47(7,8)53-41(56)34-18-16-29-14-12-13-15-33(29)52-34)25-24-49(10)30(40(39)51)17-19-37-48(9)22-21-38(46(5,6)36(48)20-23-50(37,49)11)61-43(59)32-26-31(42(57)58)45(32,3)4/h12-16,18,28,30-32,36-38H,17,19-27H2,1-11H3,(H,53,56)(H,54,60)(H,57,58)/t30-,31+,32-,36?,37-,38+,48+,49-,50-,51-/m1/s1. The molecule has 330 valence electrons. The predicted octanol–water partition coefficient (Wildman–Crippen LogP) is 9.25. The van der Waals surface area contributed by atoms with E-state index in [2.05, 4.69) is 64.1 Å². The van der Waals surface area contributed by atoms with E-state index in [4.69, 9.17) is 4.74 Å². The van der Waals surface area contributed by atoms with E-state index in [9.17, 15) is 29.1 Å². The van der Waals surface area contributed by atoms with Gasteiger partial charge in [0.25, 0.3) is 5.91 Å². The highest BCUT2D eigenvalue weighted by molar-refractivity contribution is 6.03. The van der Waals surface area contributed by atoms with Crippen LogP contribution in [-0.4, -0.2) is 56.8 Å². The fourth-order valence-corrected chi connectivity index (χ4v) is 14.9. The third kappa shape index (κ3) is 6.36. The number of carbonyl (C=O) groups excluding carboxylic acids is 4. The number of carboxylic acids is 1. The molecule has 1 aromatic heterocycles. The molecule has 0 bridgehead atoms. The molecule has 0 spiro atoms. The van der Waals surface area contributed by atoms with Crippen LogP contribution in [0, 0.1) is 62.6 Å². The highest BCUT2D eigenvalue weighted by Crippen LogP contribution is 2.76. The van der Waals surface area contributed by atoms with Crippen LogP contribution in [0.5, 0.6) is 0 Å². The van der Waals surface area contributed by atoms with Crippen molar-refractivity contribution < 1.29 is 33.8 Å². The number of nitrogens with zero attached hydrogens (tertiary/aromatic N) is 1. The molecule has 10 atom stereocenters. The number of amides is 2. The first-order chi connectivity index (χ1) is 28.3. The maximum atomic E-state index is 14.5. The van der Waals surface area contributed by atoms with E-state index in [1.165, 1.54) is 0 Å². The molecule has 0 saturated heterocycles. The fraction of sp³-hybridized carbons (Fsp3) is 0.686. The van der Waals surface area contributed by atoms with Crippen molar-refractivity contribution in [1.29, 1.82) is 0 Å². The van der Waals surface area contributed by atoms with Gasteiger partial charge in [-0.2, -0.15) is 0 Å². The number of para-hydroxylation sites is 1. The number of ether oxygens (including phenoxy) is 1. The molecule has 0 radical (unpaired) electrons. The second kappa shape index (κ2) is 14.2. The summed E-state index contributed by atoms with van der Waals surface area (Å²) in [6.07, 6.45) is 7.62. The molecule has 10 heteroatoms. The van der Waals surface area contributed by atoms with Crippen LogP contribution < -0.4 is 10.6 Å². The van der Waals surface area contributed by atoms with Gasteiger partial charge in [0.15, 0.2) is 5.78 Å². The quantitative estimate of drug-likeness (QED) is 0.223. The highest BCUT2D eigenvalue weighted by atomic mass is 16.5. The number of rotatable bonds is 8. The summed E-state index contributed by atoms with van der Waals surface area (Å²) >= 11 is 0. The number of fused-ring (bicyclic) bond motifs is 8. The molecule has 5 saturated carbocycles. The second-order valence-corrected chi connectivity index (χ2v) is 23.0. The zero-order chi connectivity index (χ0) is 44.5. The topological polar surface area (TPSA) is 152 Å². The number of pyridine rings is 1. The number of hydrogen-bond acceptors (Lipinski definition) is 7.